The minimum absolute atomic E-state index is 0.103. The molecule has 3 N–H and O–H groups in total. The van der Waals surface area contributed by atoms with Gasteiger partial charge in [0.05, 0.1) is 18.8 Å². The fraction of sp³-hybridized carbons (Fsp3) is 0.476. The lowest BCUT2D eigenvalue weighted by molar-refractivity contribution is -0.132. The van der Waals surface area contributed by atoms with Gasteiger partial charge in [-0.25, -0.2) is 0 Å². The molecule has 1 aromatic rings. The van der Waals surface area contributed by atoms with Crippen molar-refractivity contribution in [3.8, 4) is 5.75 Å². The third-order valence-electron chi connectivity index (χ3n) is 4.82. The number of carbonyl (C=O) groups is 3. The Labute approximate surface area is 170 Å². The van der Waals surface area contributed by atoms with Crippen molar-refractivity contribution in [3.05, 3.63) is 41.1 Å². The number of fused-ring (bicyclic) bond motifs is 1. The van der Waals surface area contributed by atoms with Crippen molar-refractivity contribution in [1.82, 2.24) is 20.9 Å². The van der Waals surface area contributed by atoms with E-state index in [4.69, 9.17) is 4.74 Å². The van der Waals surface area contributed by atoms with Crippen molar-refractivity contribution < 1.29 is 19.1 Å². The van der Waals surface area contributed by atoms with Gasteiger partial charge in [-0.3, -0.25) is 14.4 Å². The predicted octanol–water partition coefficient (Wildman–Crippen LogP) is 0.340. The largest absolute Gasteiger partial charge is 0.491 e. The summed E-state index contributed by atoms with van der Waals surface area (Å²) in [6.45, 7) is 1.22. The summed E-state index contributed by atoms with van der Waals surface area (Å²) in [6, 6.07) is 7.84. The van der Waals surface area contributed by atoms with Crippen LogP contribution in [0.25, 0.3) is 0 Å². The molecule has 3 amide bonds. The molecule has 8 nitrogen and oxygen atoms in total. The van der Waals surface area contributed by atoms with Crippen molar-refractivity contribution in [2.24, 2.45) is 0 Å². The quantitative estimate of drug-likeness (QED) is 0.546. The van der Waals surface area contributed by atoms with Crippen LogP contribution in [0.4, 0.5) is 0 Å². The van der Waals surface area contributed by atoms with Gasteiger partial charge in [0.25, 0.3) is 5.91 Å². The van der Waals surface area contributed by atoms with Gasteiger partial charge in [0.15, 0.2) is 0 Å². The van der Waals surface area contributed by atoms with Crippen LogP contribution >= 0.6 is 0 Å². The summed E-state index contributed by atoms with van der Waals surface area (Å²) in [4.78, 5) is 38.1. The van der Waals surface area contributed by atoms with Crippen molar-refractivity contribution in [3.63, 3.8) is 0 Å². The first-order valence-corrected chi connectivity index (χ1v) is 10.00. The van der Waals surface area contributed by atoms with Crippen LogP contribution in [0.1, 0.15) is 24.8 Å². The number of nitrogens with zero attached hydrogens (tertiary/aromatic N) is 1. The summed E-state index contributed by atoms with van der Waals surface area (Å²) in [6.07, 6.45) is 3.32. The Bertz CT molecular complexity index is 800. The molecular formula is C21H28N4O4. The molecule has 0 bridgehead atoms. The van der Waals surface area contributed by atoms with Gasteiger partial charge in [0.2, 0.25) is 11.8 Å². The van der Waals surface area contributed by atoms with E-state index in [1.807, 2.05) is 24.3 Å². The molecule has 2 aliphatic rings. The molecule has 1 saturated carbocycles. The van der Waals surface area contributed by atoms with Crippen LogP contribution < -0.4 is 20.7 Å². The number of para-hydroxylation sites is 1. The van der Waals surface area contributed by atoms with Crippen molar-refractivity contribution in [2.45, 2.75) is 25.7 Å². The lowest BCUT2D eigenvalue weighted by Crippen LogP contribution is -2.44. The van der Waals surface area contributed by atoms with Gasteiger partial charge in [-0.2, -0.15) is 0 Å². The monoisotopic (exact) mass is 400 g/mol. The van der Waals surface area contributed by atoms with E-state index in [1.54, 1.807) is 7.05 Å². The Kier molecular flexibility index (Phi) is 7.10. The summed E-state index contributed by atoms with van der Waals surface area (Å²) in [7, 11) is 1.58. The summed E-state index contributed by atoms with van der Waals surface area (Å²) < 4.78 is 5.92. The van der Waals surface area contributed by atoms with E-state index in [0.717, 1.165) is 42.6 Å². The van der Waals surface area contributed by atoms with Gasteiger partial charge >= 0.3 is 0 Å². The van der Waals surface area contributed by atoms with Crippen molar-refractivity contribution in [2.75, 3.05) is 39.8 Å². The summed E-state index contributed by atoms with van der Waals surface area (Å²) in [5.74, 6) is -0.0216. The van der Waals surface area contributed by atoms with Crippen LogP contribution in [0, 0.1) is 0 Å². The maximum Gasteiger partial charge on any atom is 0.270 e. The Hall–Kier alpha value is -3.03. The molecule has 0 aromatic heterocycles. The van der Waals surface area contributed by atoms with E-state index in [0.29, 0.717) is 25.4 Å². The van der Waals surface area contributed by atoms with E-state index in [1.165, 1.54) is 4.90 Å². The van der Waals surface area contributed by atoms with E-state index in [-0.39, 0.29) is 30.8 Å². The second-order valence-corrected chi connectivity index (χ2v) is 7.25. The third kappa shape index (κ3) is 6.23. The second-order valence-electron chi connectivity index (χ2n) is 7.25. The number of nitrogens with one attached hydrogen (secondary N) is 3. The summed E-state index contributed by atoms with van der Waals surface area (Å²) >= 11 is 0. The predicted molar refractivity (Wildman–Crippen MR) is 108 cm³/mol. The standard InChI is InChI=1S/C21H28N4O4/c1-25-14-19(27)24-13-18(26)22-10-4-6-15-5-2-3-7-17(15)29-12-11-23-20(21(25)28)16-8-9-16/h2-3,5,7,23H,4,6,8-14H2,1H3,(H,22,26)(H,24,27). The van der Waals surface area contributed by atoms with Gasteiger partial charge in [0, 0.05) is 20.1 Å². The molecule has 29 heavy (non-hydrogen) atoms. The number of hydrogen-bond donors (Lipinski definition) is 3. The molecule has 8 heteroatoms. The number of aryl methyl sites for hydroxylation is 1. The molecule has 1 fully saturated rings. The zero-order valence-electron chi connectivity index (χ0n) is 16.8. The van der Waals surface area contributed by atoms with Crippen LogP contribution in [0.3, 0.4) is 0 Å². The Balaban J connectivity index is 1.70. The molecule has 0 radical (unpaired) electrons. The van der Waals surface area contributed by atoms with Gasteiger partial charge in [-0.05, 0) is 42.9 Å². The highest BCUT2D eigenvalue weighted by Crippen LogP contribution is 2.31. The SMILES string of the molecule is CN1CC(=O)NCC(=O)NCCCc2ccccc2OCCNC(=C2CC2)C1=O. The molecule has 156 valence electrons. The molecule has 1 aliphatic carbocycles. The van der Waals surface area contributed by atoms with Gasteiger partial charge in [0.1, 0.15) is 12.4 Å². The lowest BCUT2D eigenvalue weighted by atomic mass is 10.1. The van der Waals surface area contributed by atoms with Gasteiger partial charge in [-0.1, -0.05) is 18.2 Å². The van der Waals surface area contributed by atoms with E-state index >= 15 is 0 Å². The van der Waals surface area contributed by atoms with Crippen molar-refractivity contribution >= 4 is 17.7 Å². The first-order valence-electron chi connectivity index (χ1n) is 10.00. The van der Waals surface area contributed by atoms with Crippen LogP contribution in [0.15, 0.2) is 35.5 Å². The maximum absolute atomic E-state index is 12.7. The third-order valence-corrected chi connectivity index (χ3v) is 4.82. The minimum atomic E-state index is -0.366. The zero-order valence-corrected chi connectivity index (χ0v) is 16.8. The number of allylic oxidation sites excluding steroid dienone is 1. The van der Waals surface area contributed by atoms with Crippen LogP contribution in [-0.4, -0.2) is 62.5 Å². The fourth-order valence-electron chi connectivity index (χ4n) is 3.13. The average Bonchev–Trinajstić information content (AvgIpc) is 3.54. The number of benzene rings is 1. The number of hydrogen-bond acceptors (Lipinski definition) is 5. The molecule has 3 rings (SSSR count). The highest BCUT2D eigenvalue weighted by atomic mass is 16.5. The first-order chi connectivity index (χ1) is 14.0. The number of rotatable bonds is 0. The molecule has 0 spiro atoms. The molecule has 0 saturated heterocycles. The molecule has 0 atom stereocenters. The van der Waals surface area contributed by atoms with Crippen molar-refractivity contribution in [1.29, 1.82) is 0 Å². The minimum Gasteiger partial charge on any atom is -0.491 e. The smallest absolute Gasteiger partial charge is 0.270 e. The van der Waals surface area contributed by atoms with Crippen LogP contribution in [-0.2, 0) is 20.8 Å². The number of carbonyl (C=O) groups excluding carboxylic acids is 3. The fourth-order valence-corrected chi connectivity index (χ4v) is 3.13. The highest BCUT2D eigenvalue weighted by molar-refractivity contribution is 5.96. The molecule has 0 unspecified atom stereocenters. The number of likely N-dealkylation sites (N-methyl/N-ethyl adjacent to an activating group) is 1. The topological polar surface area (TPSA) is 99.8 Å². The second kappa shape index (κ2) is 9.95. The lowest BCUT2D eigenvalue weighted by Gasteiger charge is -2.20. The molecule has 1 aliphatic heterocycles. The normalized spacial score (nSPS) is 19.8. The zero-order chi connectivity index (χ0) is 20.6. The average molecular weight is 400 g/mol. The van der Waals surface area contributed by atoms with E-state index in [2.05, 4.69) is 16.0 Å². The van der Waals surface area contributed by atoms with Gasteiger partial charge in [-0.15, -0.1) is 0 Å². The van der Waals surface area contributed by atoms with Crippen LogP contribution in [0.2, 0.25) is 0 Å². The number of ether oxygens (including phenoxy) is 1. The van der Waals surface area contributed by atoms with E-state index < -0.39 is 0 Å². The van der Waals surface area contributed by atoms with E-state index in [9.17, 15) is 14.4 Å². The molecule has 1 heterocycles. The highest BCUT2D eigenvalue weighted by Gasteiger charge is 2.26. The Morgan fingerprint density at radius 3 is 2.52 bits per heavy atom. The maximum atomic E-state index is 12.7. The first kappa shape index (κ1) is 20.7. The summed E-state index contributed by atoms with van der Waals surface area (Å²) in [5.41, 5.74) is 2.69. The summed E-state index contributed by atoms with van der Waals surface area (Å²) in [5, 5.41) is 8.54. The number of amides is 3. The van der Waals surface area contributed by atoms with Crippen LogP contribution in [0.5, 0.6) is 5.75 Å². The molecule has 1 aromatic carbocycles. The van der Waals surface area contributed by atoms with Gasteiger partial charge < -0.3 is 25.6 Å². The Morgan fingerprint density at radius 2 is 1.72 bits per heavy atom. The Morgan fingerprint density at radius 1 is 0.931 bits per heavy atom. The molecular weight excluding hydrogens is 372 g/mol.